The normalized spacial score (nSPS) is 28.0. The number of ether oxygens (including phenoxy) is 1. The van der Waals surface area contributed by atoms with E-state index >= 15 is 0 Å². The number of carbonyl (C=O) groups is 1. The summed E-state index contributed by atoms with van der Waals surface area (Å²) in [6, 6.07) is 7.97. The molecule has 2 aliphatic carbocycles. The lowest BCUT2D eigenvalue weighted by atomic mass is 9.84. The zero-order valence-electron chi connectivity index (χ0n) is 13.4. The Bertz CT molecular complexity index is 549. The second kappa shape index (κ2) is 6.55. The summed E-state index contributed by atoms with van der Waals surface area (Å²) in [6.07, 6.45) is 8.92. The summed E-state index contributed by atoms with van der Waals surface area (Å²) in [5.41, 5.74) is 1.00. The minimum absolute atomic E-state index is 0.00564. The molecule has 0 radical (unpaired) electrons. The van der Waals surface area contributed by atoms with E-state index in [9.17, 15) is 4.79 Å². The molecule has 2 fully saturated rings. The van der Waals surface area contributed by atoms with E-state index in [2.05, 4.69) is 12.2 Å². The Labute approximate surface area is 132 Å². The molecule has 0 spiro atoms. The van der Waals surface area contributed by atoms with Gasteiger partial charge in [-0.05, 0) is 67.7 Å². The van der Waals surface area contributed by atoms with Crippen LogP contribution in [0.5, 0.6) is 5.75 Å². The first-order valence-corrected chi connectivity index (χ1v) is 8.28. The van der Waals surface area contributed by atoms with Gasteiger partial charge in [-0.25, -0.2) is 0 Å². The molecule has 118 valence electrons. The zero-order valence-corrected chi connectivity index (χ0v) is 13.4. The van der Waals surface area contributed by atoms with Crippen molar-refractivity contribution in [1.29, 1.82) is 0 Å². The summed E-state index contributed by atoms with van der Waals surface area (Å²) < 4.78 is 5.13. The third-order valence-electron chi connectivity index (χ3n) is 5.35. The summed E-state index contributed by atoms with van der Waals surface area (Å²) in [6.45, 7) is 2.16. The van der Waals surface area contributed by atoms with Gasteiger partial charge in [0.05, 0.1) is 7.11 Å². The van der Waals surface area contributed by atoms with Gasteiger partial charge in [0.25, 0.3) is 0 Å². The highest BCUT2D eigenvalue weighted by atomic mass is 16.5. The van der Waals surface area contributed by atoms with Crippen LogP contribution in [0.1, 0.15) is 38.2 Å². The first-order chi connectivity index (χ1) is 10.7. The number of nitrogens with one attached hydrogen (secondary N) is 1. The van der Waals surface area contributed by atoms with E-state index in [0.717, 1.165) is 23.1 Å². The van der Waals surface area contributed by atoms with Gasteiger partial charge in [0.1, 0.15) is 5.75 Å². The highest BCUT2D eigenvalue weighted by molar-refractivity contribution is 5.91. The van der Waals surface area contributed by atoms with Gasteiger partial charge >= 0.3 is 0 Å². The molecule has 1 N–H and O–H groups in total. The Morgan fingerprint density at radius 3 is 2.64 bits per heavy atom. The van der Waals surface area contributed by atoms with Gasteiger partial charge in [0.15, 0.2) is 0 Å². The van der Waals surface area contributed by atoms with Crippen LogP contribution in [0.4, 0.5) is 0 Å². The molecule has 22 heavy (non-hydrogen) atoms. The third kappa shape index (κ3) is 3.34. The van der Waals surface area contributed by atoms with Gasteiger partial charge < -0.3 is 10.1 Å². The van der Waals surface area contributed by atoms with E-state index in [1.54, 1.807) is 13.2 Å². The second-order valence-electron chi connectivity index (χ2n) is 6.74. The van der Waals surface area contributed by atoms with E-state index in [0.29, 0.717) is 5.92 Å². The van der Waals surface area contributed by atoms with Crippen molar-refractivity contribution in [2.45, 2.75) is 38.6 Å². The smallest absolute Gasteiger partial charge is 0.244 e. The van der Waals surface area contributed by atoms with Crippen molar-refractivity contribution in [3.05, 3.63) is 35.9 Å². The SMILES string of the molecule is COc1ccc(/C=C/C(=O)N[C@@H](C)[C@H]2C[C@H]3CC[C@H]2C3)cc1. The Morgan fingerprint density at radius 2 is 2.05 bits per heavy atom. The van der Waals surface area contributed by atoms with Crippen molar-refractivity contribution >= 4 is 12.0 Å². The molecule has 0 heterocycles. The lowest BCUT2D eigenvalue weighted by molar-refractivity contribution is -0.117. The average Bonchev–Trinajstić information content (AvgIpc) is 3.16. The van der Waals surface area contributed by atoms with Crippen LogP contribution < -0.4 is 10.1 Å². The van der Waals surface area contributed by atoms with E-state index in [1.807, 2.05) is 30.3 Å². The predicted octanol–water partition coefficient (Wildman–Crippen LogP) is 3.65. The Hall–Kier alpha value is -1.77. The molecule has 3 heteroatoms. The standard InChI is InChI=1S/C19H25NO2/c1-13(18-12-15-3-7-16(18)11-15)20-19(21)10-6-14-4-8-17(22-2)9-5-14/h4-6,8-10,13,15-16,18H,3,7,11-12H2,1-2H3,(H,20,21)/b10-6+/t13-,15-,16-,18+/m0/s1. The van der Waals surface area contributed by atoms with Gasteiger partial charge in [-0.15, -0.1) is 0 Å². The number of fused-ring (bicyclic) bond motifs is 2. The number of hydrogen-bond acceptors (Lipinski definition) is 2. The molecule has 2 saturated carbocycles. The van der Waals surface area contributed by atoms with Crippen LogP contribution in [-0.4, -0.2) is 19.1 Å². The molecule has 1 aromatic rings. The molecule has 0 saturated heterocycles. The molecule has 0 unspecified atom stereocenters. The largest absolute Gasteiger partial charge is 0.497 e. The number of carbonyl (C=O) groups excluding carboxylic acids is 1. The molecule has 4 atom stereocenters. The number of hydrogen-bond donors (Lipinski definition) is 1. The minimum atomic E-state index is 0.00564. The molecule has 1 amide bonds. The predicted molar refractivity (Wildman–Crippen MR) is 88.6 cm³/mol. The molecular weight excluding hydrogens is 274 g/mol. The first-order valence-electron chi connectivity index (χ1n) is 8.28. The van der Waals surface area contributed by atoms with Crippen LogP contribution in [-0.2, 0) is 4.79 Å². The second-order valence-corrected chi connectivity index (χ2v) is 6.74. The lowest BCUT2D eigenvalue weighted by Crippen LogP contribution is -2.39. The number of rotatable bonds is 5. The van der Waals surface area contributed by atoms with Gasteiger partial charge in [-0.1, -0.05) is 18.6 Å². The summed E-state index contributed by atoms with van der Waals surface area (Å²) in [5, 5.41) is 3.15. The van der Waals surface area contributed by atoms with Crippen LogP contribution in [0.2, 0.25) is 0 Å². The Kier molecular flexibility index (Phi) is 4.51. The molecule has 3 rings (SSSR count). The Balaban J connectivity index is 1.52. The van der Waals surface area contributed by atoms with Gasteiger partial charge in [-0.3, -0.25) is 4.79 Å². The molecule has 1 aromatic carbocycles. The third-order valence-corrected chi connectivity index (χ3v) is 5.35. The maximum Gasteiger partial charge on any atom is 0.244 e. The fourth-order valence-electron chi connectivity index (χ4n) is 4.17. The number of benzene rings is 1. The maximum absolute atomic E-state index is 12.1. The fourth-order valence-corrected chi connectivity index (χ4v) is 4.17. The van der Waals surface area contributed by atoms with Gasteiger partial charge in [0, 0.05) is 12.1 Å². The van der Waals surface area contributed by atoms with E-state index in [1.165, 1.54) is 25.7 Å². The number of methoxy groups -OCH3 is 1. The van der Waals surface area contributed by atoms with Crippen molar-refractivity contribution in [2.75, 3.05) is 7.11 Å². The van der Waals surface area contributed by atoms with Crippen molar-refractivity contribution in [2.24, 2.45) is 17.8 Å². The van der Waals surface area contributed by atoms with Crippen molar-refractivity contribution in [3.8, 4) is 5.75 Å². The highest BCUT2D eigenvalue weighted by Crippen LogP contribution is 2.49. The van der Waals surface area contributed by atoms with Crippen LogP contribution >= 0.6 is 0 Å². The van der Waals surface area contributed by atoms with Crippen LogP contribution in [0.15, 0.2) is 30.3 Å². The summed E-state index contributed by atoms with van der Waals surface area (Å²) in [4.78, 5) is 12.1. The minimum Gasteiger partial charge on any atom is -0.497 e. The van der Waals surface area contributed by atoms with Crippen molar-refractivity contribution in [1.82, 2.24) is 5.32 Å². The van der Waals surface area contributed by atoms with Crippen LogP contribution in [0, 0.1) is 17.8 Å². The molecule has 2 aliphatic rings. The maximum atomic E-state index is 12.1. The quantitative estimate of drug-likeness (QED) is 0.843. The summed E-state index contributed by atoms with van der Waals surface area (Å²) in [7, 11) is 1.65. The Morgan fingerprint density at radius 1 is 1.27 bits per heavy atom. The molecule has 0 aromatic heterocycles. The lowest BCUT2D eigenvalue weighted by Gasteiger charge is -2.28. The molecular formula is C19H25NO2. The molecule has 2 bridgehead atoms. The summed E-state index contributed by atoms with van der Waals surface area (Å²) >= 11 is 0. The summed E-state index contributed by atoms with van der Waals surface area (Å²) in [5.74, 6) is 3.27. The van der Waals surface area contributed by atoms with Crippen molar-refractivity contribution in [3.63, 3.8) is 0 Å². The number of amides is 1. The average molecular weight is 299 g/mol. The van der Waals surface area contributed by atoms with Crippen LogP contribution in [0.3, 0.4) is 0 Å². The van der Waals surface area contributed by atoms with E-state index in [4.69, 9.17) is 4.74 Å². The van der Waals surface area contributed by atoms with E-state index < -0.39 is 0 Å². The first kappa shape index (κ1) is 15.1. The molecule has 3 nitrogen and oxygen atoms in total. The van der Waals surface area contributed by atoms with Crippen molar-refractivity contribution < 1.29 is 9.53 Å². The topological polar surface area (TPSA) is 38.3 Å². The fraction of sp³-hybridized carbons (Fsp3) is 0.526. The van der Waals surface area contributed by atoms with Gasteiger partial charge in [0.2, 0.25) is 5.91 Å². The highest BCUT2D eigenvalue weighted by Gasteiger charge is 2.41. The van der Waals surface area contributed by atoms with E-state index in [-0.39, 0.29) is 11.9 Å². The zero-order chi connectivity index (χ0) is 15.5. The van der Waals surface area contributed by atoms with Crippen LogP contribution in [0.25, 0.3) is 6.08 Å². The monoisotopic (exact) mass is 299 g/mol. The molecule has 0 aliphatic heterocycles. The van der Waals surface area contributed by atoms with Gasteiger partial charge in [-0.2, -0.15) is 0 Å².